The van der Waals surface area contributed by atoms with E-state index in [2.05, 4.69) is 10.3 Å². The molecule has 1 unspecified atom stereocenters. The fourth-order valence-electron chi connectivity index (χ4n) is 3.32. The molecular weight excluding hydrogens is 442 g/mol. The Balaban J connectivity index is 1.87. The first kappa shape index (κ1) is 24.0. The van der Waals surface area contributed by atoms with Crippen LogP contribution >= 0.6 is 11.8 Å². The average Bonchev–Trinajstić information content (AvgIpc) is 2.76. The van der Waals surface area contributed by atoms with E-state index in [1.807, 2.05) is 30.3 Å². The first-order valence-electron chi connectivity index (χ1n) is 10.3. The summed E-state index contributed by atoms with van der Waals surface area (Å²) in [6.07, 6.45) is 3.07. The second kappa shape index (κ2) is 9.87. The van der Waals surface area contributed by atoms with Gasteiger partial charge in [-0.05, 0) is 38.5 Å². The second-order valence-electron chi connectivity index (χ2n) is 8.49. The zero-order valence-electron chi connectivity index (χ0n) is 18.6. The van der Waals surface area contributed by atoms with Crippen LogP contribution in [0.25, 0.3) is 10.8 Å². The lowest BCUT2D eigenvalue weighted by Crippen LogP contribution is -2.32. The summed E-state index contributed by atoms with van der Waals surface area (Å²) in [5.41, 5.74) is 6.46. The van der Waals surface area contributed by atoms with E-state index in [0.29, 0.717) is 22.0 Å². The van der Waals surface area contributed by atoms with Gasteiger partial charge in [0.2, 0.25) is 5.96 Å². The van der Waals surface area contributed by atoms with E-state index in [9.17, 15) is 9.59 Å². The average molecular weight is 468 g/mol. The van der Waals surface area contributed by atoms with Gasteiger partial charge in [0.15, 0.2) is 0 Å². The third kappa shape index (κ3) is 6.20. The lowest BCUT2D eigenvalue weighted by atomic mass is 10.0. The van der Waals surface area contributed by atoms with Crippen LogP contribution in [-0.2, 0) is 9.53 Å². The summed E-state index contributed by atoms with van der Waals surface area (Å²) in [6.45, 7) is 5.39. The SMILES string of the molecule is CC(C)(C)OC(=O)CC(NC(=O)c1ccc2c(N(Cl)C(=N)N)cncc2c1)c1ccccc1. The summed E-state index contributed by atoms with van der Waals surface area (Å²) in [4.78, 5) is 29.7. The van der Waals surface area contributed by atoms with Gasteiger partial charge in [0, 0.05) is 34.3 Å². The molecule has 4 N–H and O–H groups in total. The van der Waals surface area contributed by atoms with Gasteiger partial charge in [-0.25, -0.2) is 4.42 Å². The monoisotopic (exact) mass is 467 g/mol. The van der Waals surface area contributed by atoms with E-state index in [1.165, 1.54) is 6.20 Å². The van der Waals surface area contributed by atoms with Gasteiger partial charge >= 0.3 is 5.97 Å². The highest BCUT2D eigenvalue weighted by molar-refractivity contribution is 6.38. The van der Waals surface area contributed by atoms with E-state index in [0.717, 1.165) is 9.98 Å². The van der Waals surface area contributed by atoms with Gasteiger partial charge in [-0.3, -0.25) is 20.0 Å². The normalized spacial score (nSPS) is 12.1. The molecule has 0 aliphatic heterocycles. The molecular formula is C24H26ClN5O3. The summed E-state index contributed by atoms with van der Waals surface area (Å²) >= 11 is 6.07. The first-order valence-corrected chi connectivity index (χ1v) is 10.6. The van der Waals surface area contributed by atoms with Crippen molar-refractivity contribution in [3.05, 3.63) is 72.1 Å². The van der Waals surface area contributed by atoms with Crippen LogP contribution < -0.4 is 15.5 Å². The molecule has 0 saturated heterocycles. The molecule has 2 aromatic carbocycles. The van der Waals surface area contributed by atoms with Crippen molar-refractivity contribution in [3.8, 4) is 0 Å². The fourth-order valence-corrected chi connectivity index (χ4v) is 3.45. The van der Waals surface area contributed by atoms with Crippen LogP contribution in [0.2, 0.25) is 0 Å². The Bertz CT molecular complexity index is 1180. The summed E-state index contributed by atoms with van der Waals surface area (Å²) in [6, 6.07) is 13.7. The number of benzene rings is 2. The Kier molecular flexibility index (Phi) is 7.18. The van der Waals surface area contributed by atoms with E-state index in [-0.39, 0.29) is 18.3 Å². The molecule has 0 fully saturated rings. The van der Waals surface area contributed by atoms with Crippen molar-refractivity contribution in [1.82, 2.24) is 10.3 Å². The molecule has 9 heteroatoms. The minimum atomic E-state index is -0.623. The Morgan fingerprint density at radius 2 is 1.88 bits per heavy atom. The number of amides is 1. The van der Waals surface area contributed by atoms with E-state index in [1.54, 1.807) is 45.2 Å². The van der Waals surface area contributed by atoms with E-state index < -0.39 is 17.6 Å². The molecule has 0 saturated carbocycles. The van der Waals surface area contributed by atoms with Gasteiger partial charge in [0.25, 0.3) is 5.91 Å². The van der Waals surface area contributed by atoms with Crippen molar-refractivity contribution in [2.45, 2.75) is 38.8 Å². The second-order valence-corrected chi connectivity index (χ2v) is 8.83. The van der Waals surface area contributed by atoms with Crippen molar-refractivity contribution < 1.29 is 14.3 Å². The quantitative estimate of drug-likeness (QED) is 0.215. The predicted molar refractivity (Wildman–Crippen MR) is 129 cm³/mol. The van der Waals surface area contributed by atoms with Crippen LogP contribution in [0.15, 0.2) is 60.9 Å². The summed E-state index contributed by atoms with van der Waals surface area (Å²) in [7, 11) is 0. The molecule has 1 amide bonds. The standard InChI is InChI=1S/C24H26ClN5O3/c1-24(2,3)33-21(31)12-19(15-7-5-4-6-8-15)29-22(32)16-9-10-18-17(11-16)13-28-14-20(18)30(25)23(26)27/h4-11,13-14,19H,12H2,1-3H3,(H3,26,27)(H,29,32). The van der Waals surface area contributed by atoms with Gasteiger partial charge in [0.05, 0.1) is 24.3 Å². The van der Waals surface area contributed by atoms with E-state index >= 15 is 0 Å². The molecule has 3 aromatic rings. The highest BCUT2D eigenvalue weighted by atomic mass is 35.5. The third-order valence-corrected chi connectivity index (χ3v) is 5.09. The fraction of sp³-hybridized carbons (Fsp3) is 0.250. The van der Waals surface area contributed by atoms with Crippen LogP contribution in [0.5, 0.6) is 0 Å². The Morgan fingerprint density at radius 1 is 1.18 bits per heavy atom. The minimum absolute atomic E-state index is 0.00781. The van der Waals surface area contributed by atoms with Gasteiger partial charge in [-0.1, -0.05) is 36.4 Å². The molecule has 8 nitrogen and oxygen atoms in total. The van der Waals surface area contributed by atoms with Crippen LogP contribution in [0.4, 0.5) is 5.69 Å². The number of anilines is 1. The highest BCUT2D eigenvalue weighted by Gasteiger charge is 2.24. The van der Waals surface area contributed by atoms with E-state index in [4.69, 9.17) is 27.7 Å². The maximum atomic E-state index is 13.1. The van der Waals surface area contributed by atoms with Crippen LogP contribution in [0.3, 0.4) is 0 Å². The molecule has 0 aliphatic rings. The van der Waals surface area contributed by atoms with Gasteiger partial charge < -0.3 is 15.8 Å². The minimum Gasteiger partial charge on any atom is -0.460 e. The summed E-state index contributed by atoms with van der Waals surface area (Å²) in [5.74, 6) is -1.11. The number of hydrogen-bond donors (Lipinski definition) is 3. The zero-order valence-corrected chi connectivity index (χ0v) is 19.4. The number of guanidine groups is 1. The number of nitrogens with zero attached hydrogens (tertiary/aromatic N) is 2. The lowest BCUT2D eigenvalue weighted by Gasteiger charge is -2.23. The molecule has 0 spiro atoms. The summed E-state index contributed by atoms with van der Waals surface area (Å²) < 4.78 is 6.43. The number of fused-ring (bicyclic) bond motifs is 1. The number of ether oxygens (including phenoxy) is 1. The molecule has 0 bridgehead atoms. The van der Waals surface area contributed by atoms with Gasteiger partial charge in [-0.2, -0.15) is 0 Å². The number of aromatic nitrogens is 1. The molecule has 33 heavy (non-hydrogen) atoms. The van der Waals surface area contributed by atoms with Crippen molar-refractivity contribution in [1.29, 1.82) is 5.41 Å². The number of rotatable bonds is 6. The number of hydrogen-bond acceptors (Lipinski definition) is 5. The van der Waals surface area contributed by atoms with Crippen LogP contribution in [-0.4, -0.2) is 28.4 Å². The molecule has 172 valence electrons. The number of carbonyl (C=O) groups excluding carboxylic acids is 2. The van der Waals surface area contributed by atoms with Gasteiger partial charge in [-0.15, -0.1) is 0 Å². The third-order valence-electron chi connectivity index (χ3n) is 4.72. The van der Waals surface area contributed by atoms with Crippen molar-refractivity contribution in [2.75, 3.05) is 4.42 Å². The maximum Gasteiger partial charge on any atom is 0.308 e. The first-order chi connectivity index (χ1) is 15.5. The molecule has 1 heterocycles. The Labute approximate surface area is 197 Å². The number of esters is 1. The zero-order chi connectivity index (χ0) is 24.2. The number of pyridine rings is 1. The number of halogens is 1. The largest absolute Gasteiger partial charge is 0.460 e. The number of nitrogens with two attached hydrogens (primary N) is 1. The topological polar surface area (TPSA) is 121 Å². The predicted octanol–water partition coefficient (Wildman–Crippen LogP) is 4.29. The van der Waals surface area contributed by atoms with Crippen LogP contribution in [0, 0.1) is 5.41 Å². The summed E-state index contributed by atoms with van der Waals surface area (Å²) in [5, 5.41) is 11.8. The molecule has 0 radical (unpaired) electrons. The lowest BCUT2D eigenvalue weighted by molar-refractivity contribution is -0.155. The Morgan fingerprint density at radius 3 is 2.52 bits per heavy atom. The molecule has 0 aliphatic carbocycles. The van der Waals surface area contributed by atoms with Crippen molar-refractivity contribution >= 4 is 46.1 Å². The maximum absolute atomic E-state index is 13.1. The van der Waals surface area contributed by atoms with Gasteiger partial charge in [0.1, 0.15) is 5.60 Å². The molecule has 3 rings (SSSR count). The van der Waals surface area contributed by atoms with Crippen molar-refractivity contribution in [2.24, 2.45) is 5.73 Å². The molecule has 1 aromatic heterocycles. The highest BCUT2D eigenvalue weighted by Crippen LogP contribution is 2.28. The number of nitrogens with one attached hydrogen (secondary N) is 2. The smallest absolute Gasteiger partial charge is 0.308 e. The number of carbonyl (C=O) groups is 2. The Hall–Kier alpha value is -3.65. The van der Waals surface area contributed by atoms with Crippen LogP contribution in [0.1, 0.15) is 49.2 Å². The molecule has 1 atom stereocenters. The van der Waals surface area contributed by atoms with Crippen molar-refractivity contribution in [3.63, 3.8) is 0 Å².